The molecule has 1 aromatic rings. The lowest BCUT2D eigenvalue weighted by Gasteiger charge is -2.21. The maximum atomic E-state index is 11.9. The van der Waals surface area contributed by atoms with E-state index < -0.39 is 0 Å². The highest BCUT2D eigenvalue weighted by molar-refractivity contribution is 5.85. The molecule has 1 heterocycles. The molecular formula is C14H21ClN2O2. The van der Waals surface area contributed by atoms with Crippen LogP contribution in [0.25, 0.3) is 0 Å². The summed E-state index contributed by atoms with van der Waals surface area (Å²) in [6, 6.07) is 7.64. The van der Waals surface area contributed by atoms with Gasteiger partial charge < -0.3 is 15.7 Å². The van der Waals surface area contributed by atoms with Gasteiger partial charge in [-0.2, -0.15) is 0 Å². The molecular weight excluding hydrogens is 264 g/mol. The van der Waals surface area contributed by atoms with Gasteiger partial charge in [-0.3, -0.25) is 4.79 Å². The van der Waals surface area contributed by atoms with Gasteiger partial charge in [0.15, 0.2) is 0 Å². The van der Waals surface area contributed by atoms with Crippen LogP contribution in [-0.4, -0.2) is 24.1 Å². The predicted molar refractivity (Wildman–Crippen MR) is 77.1 cm³/mol. The summed E-state index contributed by atoms with van der Waals surface area (Å²) in [6.45, 7) is 2.36. The average molecular weight is 285 g/mol. The van der Waals surface area contributed by atoms with Crippen LogP contribution in [0.5, 0.6) is 0 Å². The fourth-order valence-corrected chi connectivity index (χ4v) is 2.25. The number of hydrogen-bond donors (Lipinski definition) is 3. The van der Waals surface area contributed by atoms with Crippen LogP contribution in [-0.2, 0) is 17.9 Å². The third-order valence-electron chi connectivity index (χ3n) is 3.31. The first-order valence-corrected chi connectivity index (χ1v) is 6.46. The molecule has 1 aliphatic rings. The van der Waals surface area contributed by atoms with Gasteiger partial charge in [0.25, 0.3) is 0 Å². The van der Waals surface area contributed by atoms with Gasteiger partial charge in [-0.25, -0.2) is 0 Å². The Kier molecular flexibility index (Phi) is 6.84. The van der Waals surface area contributed by atoms with E-state index in [1.54, 1.807) is 0 Å². The van der Waals surface area contributed by atoms with E-state index in [1.165, 1.54) is 0 Å². The number of nitrogens with one attached hydrogen (secondary N) is 2. The highest BCUT2D eigenvalue weighted by Crippen LogP contribution is 2.10. The lowest BCUT2D eigenvalue weighted by atomic mass is 9.99. The summed E-state index contributed by atoms with van der Waals surface area (Å²) in [5.41, 5.74) is 1.90. The number of amides is 1. The van der Waals surface area contributed by atoms with Crippen molar-refractivity contribution in [2.24, 2.45) is 5.92 Å². The number of benzene rings is 1. The topological polar surface area (TPSA) is 61.4 Å². The van der Waals surface area contributed by atoms with Gasteiger partial charge in [-0.05, 0) is 30.5 Å². The lowest BCUT2D eigenvalue weighted by Crippen LogP contribution is -2.40. The van der Waals surface area contributed by atoms with Crippen molar-refractivity contribution in [3.8, 4) is 0 Å². The summed E-state index contributed by atoms with van der Waals surface area (Å²) in [5, 5.41) is 15.2. The van der Waals surface area contributed by atoms with Crippen molar-refractivity contribution in [3.63, 3.8) is 0 Å². The summed E-state index contributed by atoms with van der Waals surface area (Å²) in [4.78, 5) is 11.9. The number of carbonyl (C=O) groups is 1. The van der Waals surface area contributed by atoms with Crippen LogP contribution in [0.3, 0.4) is 0 Å². The smallest absolute Gasteiger partial charge is 0.224 e. The van der Waals surface area contributed by atoms with Gasteiger partial charge in [0.1, 0.15) is 0 Å². The molecule has 5 heteroatoms. The quantitative estimate of drug-likeness (QED) is 0.779. The Morgan fingerprint density at radius 1 is 1.42 bits per heavy atom. The van der Waals surface area contributed by atoms with Crippen molar-refractivity contribution < 1.29 is 9.90 Å². The van der Waals surface area contributed by atoms with Crippen LogP contribution in [0.1, 0.15) is 24.0 Å². The third kappa shape index (κ3) is 4.82. The Balaban J connectivity index is 0.00000180. The molecule has 19 heavy (non-hydrogen) atoms. The van der Waals surface area contributed by atoms with Crippen molar-refractivity contribution in [2.75, 3.05) is 13.1 Å². The van der Waals surface area contributed by atoms with Crippen molar-refractivity contribution in [1.29, 1.82) is 0 Å². The Morgan fingerprint density at radius 3 is 2.89 bits per heavy atom. The highest BCUT2D eigenvalue weighted by atomic mass is 35.5. The van der Waals surface area contributed by atoms with Gasteiger partial charge in [0, 0.05) is 13.1 Å². The molecule has 0 bridgehead atoms. The minimum Gasteiger partial charge on any atom is -0.392 e. The molecule has 0 radical (unpaired) electrons. The molecule has 3 N–H and O–H groups in total. The van der Waals surface area contributed by atoms with Crippen molar-refractivity contribution in [1.82, 2.24) is 10.6 Å². The number of halogens is 1. The Bertz CT molecular complexity index is 406. The molecule has 1 amide bonds. The van der Waals surface area contributed by atoms with Crippen LogP contribution < -0.4 is 10.6 Å². The number of rotatable bonds is 4. The fourth-order valence-electron chi connectivity index (χ4n) is 2.25. The van der Waals surface area contributed by atoms with Crippen molar-refractivity contribution >= 4 is 18.3 Å². The highest BCUT2D eigenvalue weighted by Gasteiger charge is 2.20. The summed E-state index contributed by atoms with van der Waals surface area (Å²) in [7, 11) is 0. The third-order valence-corrected chi connectivity index (χ3v) is 3.31. The second-order valence-corrected chi connectivity index (χ2v) is 4.74. The van der Waals surface area contributed by atoms with E-state index in [2.05, 4.69) is 10.6 Å². The molecule has 0 aliphatic carbocycles. The van der Waals surface area contributed by atoms with E-state index in [1.807, 2.05) is 24.3 Å². The normalized spacial score (nSPS) is 18.5. The first-order chi connectivity index (χ1) is 8.79. The molecule has 0 unspecified atom stereocenters. The fraction of sp³-hybridized carbons (Fsp3) is 0.500. The molecule has 0 saturated carbocycles. The Morgan fingerprint density at radius 2 is 2.21 bits per heavy atom. The molecule has 1 fully saturated rings. The van der Waals surface area contributed by atoms with Crippen molar-refractivity contribution in [3.05, 3.63) is 35.4 Å². The van der Waals surface area contributed by atoms with E-state index in [-0.39, 0.29) is 30.8 Å². The molecule has 106 valence electrons. The molecule has 0 spiro atoms. The minimum atomic E-state index is 0. The molecule has 1 aromatic carbocycles. The van der Waals surface area contributed by atoms with E-state index in [4.69, 9.17) is 5.11 Å². The number of aliphatic hydroxyl groups is 1. The lowest BCUT2D eigenvalue weighted by molar-refractivity contribution is -0.125. The van der Waals surface area contributed by atoms with Crippen LogP contribution in [0.15, 0.2) is 24.3 Å². The van der Waals surface area contributed by atoms with Crippen molar-refractivity contribution in [2.45, 2.75) is 26.0 Å². The minimum absolute atomic E-state index is 0. The van der Waals surface area contributed by atoms with Gasteiger partial charge in [-0.15, -0.1) is 12.4 Å². The first-order valence-electron chi connectivity index (χ1n) is 6.46. The summed E-state index contributed by atoms with van der Waals surface area (Å²) < 4.78 is 0. The van der Waals surface area contributed by atoms with Crippen LogP contribution in [0.2, 0.25) is 0 Å². The zero-order valence-corrected chi connectivity index (χ0v) is 11.7. The van der Waals surface area contributed by atoms with Gasteiger partial charge in [0.05, 0.1) is 12.5 Å². The SMILES string of the molecule is Cl.O=C(NCc1cccc(CO)c1)[C@@H]1CCCNC1. The predicted octanol–water partition coefficient (Wildman–Crippen LogP) is 1.22. The Hall–Kier alpha value is -1.10. The first kappa shape index (κ1) is 16.0. The maximum absolute atomic E-state index is 11.9. The maximum Gasteiger partial charge on any atom is 0.224 e. The zero-order valence-electron chi connectivity index (χ0n) is 10.9. The van der Waals surface area contributed by atoms with E-state index in [9.17, 15) is 4.79 Å². The van der Waals surface area contributed by atoms with E-state index in [0.717, 1.165) is 37.1 Å². The second kappa shape index (κ2) is 8.15. The molecule has 1 aliphatic heterocycles. The summed E-state index contributed by atoms with van der Waals surface area (Å²) >= 11 is 0. The van der Waals surface area contributed by atoms with Crippen LogP contribution in [0, 0.1) is 5.92 Å². The summed E-state index contributed by atoms with van der Waals surface area (Å²) in [6.07, 6.45) is 2.04. The molecule has 2 rings (SSSR count). The summed E-state index contributed by atoms with van der Waals surface area (Å²) in [5.74, 6) is 0.219. The molecule has 1 saturated heterocycles. The largest absolute Gasteiger partial charge is 0.392 e. The monoisotopic (exact) mass is 284 g/mol. The Labute approximate surface area is 120 Å². The van der Waals surface area contributed by atoms with E-state index in [0.29, 0.717) is 6.54 Å². The van der Waals surface area contributed by atoms with Crippen LogP contribution in [0.4, 0.5) is 0 Å². The van der Waals surface area contributed by atoms with Crippen LogP contribution >= 0.6 is 12.4 Å². The van der Waals surface area contributed by atoms with Gasteiger partial charge in [0.2, 0.25) is 5.91 Å². The molecule has 4 nitrogen and oxygen atoms in total. The number of hydrogen-bond acceptors (Lipinski definition) is 3. The average Bonchev–Trinajstić information content (AvgIpc) is 2.46. The number of carbonyl (C=O) groups excluding carboxylic acids is 1. The zero-order chi connectivity index (χ0) is 12.8. The van der Waals surface area contributed by atoms with Gasteiger partial charge in [-0.1, -0.05) is 24.3 Å². The van der Waals surface area contributed by atoms with E-state index >= 15 is 0 Å². The number of piperidine rings is 1. The standard InChI is InChI=1S/C14H20N2O2.ClH/c17-10-12-4-1-3-11(7-12)8-16-14(18)13-5-2-6-15-9-13;/h1,3-4,7,13,15,17H,2,5-6,8-10H2,(H,16,18);1H/t13-;/m1./s1. The molecule has 0 aromatic heterocycles. The second-order valence-electron chi connectivity index (χ2n) is 4.74. The number of aliphatic hydroxyl groups excluding tert-OH is 1. The molecule has 1 atom stereocenters. The van der Waals surface area contributed by atoms with Gasteiger partial charge >= 0.3 is 0 Å².